The summed E-state index contributed by atoms with van der Waals surface area (Å²) < 4.78 is 4.65. The number of urea groups is 1. The number of hydrogen-bond acceptors (Lipinski definition) is 6. The lowest BCUT2D eigenvalue weighted by atomic mass is 9.92. The quantitative estimate of drug-likeness (QED) is 0.603. The van der Waals surface area contributed by atoms with Crippen molar-refractivity contribution in [2.24, 2.45) is 0 Å². The second-order valence-electron chi connectivity index (χ2n) is 6.02. The molecule has 1 aromatic heterocycles. The van der Waals surface area contributed by atoms with Gasteiger partial charge in [-0.25, -0.2) is 9.59 Å². The number of carbonyl (C=O) groups is 4. The maximum absolute atomic E-state index is 12.8. The number of amides is 4. The number of benzene rings is 1. The number of ether oxygens (including phenoxy) is 1. The molecule has 4 amide bonds. The van der Waals surface area contributed by atoms with Gasteiger partial charge in [0.15, 0.2) is 0 Å². The van der Waals surface area contributed by atoms with Crippen molar-refractivity contribution in [3.05, 3.63) is 52.2 Å². The minimum atomic E-state index is -1.24. The van der Waals surface area contributed by atoms with Crippen LogP contribution in [-0.4, -0.2) is 42.4 Å². The van der Waals surface area contributed by atoms with Crippen LogP contribution < -0.4 is 10.6 Å². The van der Waals surface area contributed by atoms with E-state index in [-0.39, 0.29) is 10.6 Å². The third kappa shape index (κ3) is 3.41. The molecule has 1 aromatic carbocycles. The first-order valence-corrected chi connectivity index (χ1v) is 8.90. The molecule has 0 aliphatic carbocycles. The molecular formula is C18H17N3O5S. The molecule has 1 atom stereocenters. The van der Waals surface area contributed by atoms with Crippen LogP contribution in [0.25, 0.3) is 0 Å². The summed E-state index contributed by atoms with van der Waals surface area (Å²) in [6.07, 6.45) is 0. The van der Waals surface area contributed by atoms with Crippen molar-refractivity contribution < 1.29 is 23.9 Å². The topological polar surface area (TPSA) is 105 Å². The standard InChI is InChI=1S/C18H17N3O5S/c1-18(11-6-4-3-5-7-11)16(24)21(17(25)20-18)10-13(22)19-12-8-9-27-14(12)15(23)26-2/h3-9H,10H2,1-2H3,(H,19,22)(H,20,25). The molecule has 1 unspecified atom stereocenters. The van der Waals surface area contributed by atoms with E-state index in [0.29, 0.717) is 5.56 Å². The fourth-order valence-corrected chi connectivity index (χ4v) is 3.57. The van der Waals surface area contributed by atoms with Gasteiger partial charge in [0.25, 0.3) is 5.91 Å². The fraction of sp³-hybridized carbons (Fsp3) is 0.222. The number of esters is 1. The number of rotatable bonds is 5. The van der Waals surface area contributed by atoms with Crippen molar-refractivity contribution in [3.63, 3.8) is 0 Å². The SMILES string of the molecule is COC(=O)c1sccc1NC(=O)CN1C(=O)NC(C)(c2ccccc2)C1=O. The van der Waals surface area contributed by atoms with Crippen molar-refractivity contribution in [3.8, 4) is 0 Å². The van der Waals surface area contributed by atoms with Crippen LogP contribution in [0.5, 0.6) is 0 Å². The second-order valence-corrected chi connectivity index (χ2v) is 6.93. The van der Waals surface area contributed by atoms with E-state index >= 15 is 0 Å². The molecule has 1 saturated heterocycles. The molecule has 9 heteroatoms. The predicted molar refractivity (Wildman–Crippen MR) is 98.3 cm³/mol. The average molecular weight is 387 g/mol. The van der Waals surface area contributed by atoms with Gasteiger partial charge in [-0.05, 0) is 23.9 Å². The Bertz CT molecular complexity index is 911. The molecule has 1 fully saturated rings. The van der Waals surface area contributed by atoms with Crippen LogP contribution in [0.1, 0.15) is 22.2 Å². The van der Waals surface area contributed by atoms with Crippen LogP contribution in [0.4, 0.5) is 10.5 Å². The Labute approximate surface area is 159 Å². The van der Waals surface area contributed by atoms with Crippen molar-refractivity contribution in [2.45, 2.75) is 12.5 Å². The highest BCUT2D eigenvalue weighted by Gasteiger charge is 2.49. The molecule has 3 rings (SSSR count). The van der Waals surface area contributed by atoms with Crippen molar-refractivity contribution in [1.29, 1.82) is 0 Å². The lowest BCUT2D eigenvalue weighted by molar-refractivity contribution is -0.133. The van der Waals surface area contributed by atoms with E-state index in [1.54, 1.807) is 48.7 Å². The number of methoxy groups -OCH3 is 1. The summed E-state index contributed by atoms with van der Waals surface area (Å²) in [7, 11) is 1.24. The first kappa shape index (κ1) is 18.6. The Balaban J connectivity index is 1.74. The molecule has 1 aliphatic rings. The normalized spacial score (nSPS) is 19.0. The molecule has 8 nitrogen and oxygen atoms in total. The first-order chi connectivity index (χ1) is 12.9. The van der Waals surface area contributed by atoms with Crippen LogP contribution in [-0.2, 0) is 19.9 Å². The predicted octanol–water partition coefficient (Wildman–Crippen LogP) is 1.94. The maximum Gasteiger partial charge on any atom is 0.350 e. The number of nitrogens with zero attached hydrogens (tertiary/aromatic N) is 1. The summed E-state index contributed by atoms with van der Waals surface area (Å²) in [6.45, 7) is 1.12. The zero-order valence-corrected chi connectivity index (χ0v) is 15.5. The average Bonchev–Trinajstić information content (AvgIpc) is 3.20. The van der Waals surface area contributed by atoms with E-state index in [1.807, 2.05) is 0 Å². The summed E-state index contributed by atoms with van der Waals surface area (Å²) in [5.74, 6) is -1.70. The van der Waals surface area contributed by atoms with Gasteiger partial charge >= 0.3 is 12.0 Å². The van der Waals surface area contributed by atoms with E-state index in [4.69, 9.17) is 0 Å². The van der Waals surface area contributed by atoms with Crippen LogP contribution in [0, 0.1) is 0 Å². The van der Waals surface area contributed by atoms with E-state index < -0.39 is 35.9 Å². The molecule has 140 valence electrons. The molecule has 0 radical (unpaired) electrons. The number of imide groups is 1. The summed E-state index contributed by atoms with van der Waals surface area (Å²) in [5, 5.41) is 6.80. The van der Waals surface area contributed by atoms with Gasteiger partial charge in [0.2, 0.25) is 5.91 Å². The van der Waals surface area contributed by atoms with Crippen molar-refractivity contribution in [2.75, 3.05) is 19.0 Å². The van der Waals surface area contributed by atoms with E-state index in [2.05, 4.69) is 15.4 Å². The highest BCUT2D eigenvalue weighted by Crippen LogP contribution is 2.29. The van der Waals surface area contributed by atoms with Crippen LogP contribution in [0.15, 0.2) is 41.8 Å². The van der Waals surface area contributed by atoms with Gasteiger partial charge in [-0.3, -0.25) is 14.5 Å². The number of anilines is 1. The zero-order valence-electron chi connectivity index (χ0n) is 14.6. The monoisotopic (exact) mass is 387 g/mol. The first-order valence-electron chi connectivity index (χ1n) is 8.02. The Morgan fingerprint density at radius 3 is 2.59 bits per heavy atom. The molecule has 27 heavy (non-hydrogen) atoms. The van der Waals surface area contributed by atoms with Crippen LogP contribution >= 0.6 is 11.3 Å². The molecular weight excluding hydrogens is 370 g/mol. The third-order valence-electron chi connectivity index (χ3n) is 4.24. The molecule has 1 aliphatic heterocycles. The summed E-state index contributed by atoms with van der Waals surface area (Å²) in [4.78, 5) is 50.2. The lowest BCUT2D eigenvalue weighted by Crippen LogP contribution is -2.42. The maximum atomic E-state index is 12.8. The highest BCUT2D eigenvalue weighted by molar-refractivity contribution is 7.12. The van der Waals surface area contributed by atoms with E-state index in [1.165, 1.54) is 7.11 Å². The fourth-order valence-electron chi connectivity index (χ4n) is 2.80. The lowest BCUT2D eigenvalue weighted by Gasteiger charge is -2.22. The molecule has 2 aromatic rings. The van der Waals surface area contributed by atoms with Gasteiger partial charge in [-0.2, -0.15) is 0 Å². The molecule has 2 heterocycles. The Morgan fingerprint density at radius 1 is 1.22 bits per heavy atom. The molecule has 0 spiro atoms. The number of carbonyl (C=O) groups excluding carboxylic acids is 4. The third-order valence-corrected chi connectivity index (χ3v) is 5.13. The Morgan fingerprint density at radius 2 is 1.93 bits per heavy atom. The second kappa shape index (κ2) is 7.20. The summed E-state index contributed by atoms with van der Waals surface area (Å²) in [5.41, 5.74) is -0.343. The highest BCUT2D eigenvalue weighted by atomic mass is 32.1. The van der Waals surface area contributed by atoms with Gasteiger partial charge in [0.05, 0.1) is 12.8 Å². The van der Waals surface area contributed by atoms with E-state index in [9.17, 15) is 19.2 Å². The summed E-state index contributed by atoms with van der Waals surface area (Å²) in [6, 6.07) is 9.69. The largest absolute Gasteiger partial charge is 0.465 e. The van der Waals surface area contributed by atoms with Crippen LogP contribution in [0.3, 0.4) is 0 Å². The van der Waals surface area contributed by atoms with Crippen LogP contribution in [0.2, 0.25) is 0 Å². The number of thiophene rings is 1. The minimum Gasteiger partial charge on any atom is -0.465 e. The van der Waals surface area contributed by atoms with Gasteiger partial charge in [0, 0.05) is 0 Å². The van der Waals surface area contributed by atoms with E-state index in [0.717, 1.165) is 16.2 Å². The van der Waals surface area contributed by atoms with Gasteiger partial charge in [0.1, 0.15) is 17.0 Å². The molecule has 0 saturated carbocycles. The van der Waals surface area contributed by atoms with Crippen molar-refractivity contribution >= 4 is 40.8 Å². The summed E-state index contributed by atoms with van der Waals surface area (Å²) >= 11 is 1.12. The molecule has 2 N–H and O–H groups in total. The zero-order chi connectivity index (χ0) is 19.6. The van der Waals surface area contributed by atoms with Crippen molar-refractivity contribution in [1.82, 2.24) is 10.2 Å². The number of hydrogen-bond donors (Lipinski definition) is 2. The Hall–Kier alpha value is -3.20. The van der Waals surface area contributed by atoms with Gasteiger partial charge < -0.3 is 15.4 Å². The number of nitrogens with one attached hydrogen (secondary N) is 2. The van der Waals surface area contributed by atoms with Gasteiger partial charge in [-0.15, -0.1) is 11.3 Å². The minimum absolute atomic E-state index is 0.233. The smallest absolute Gasteiger partial charge is 0.350 e. The van der Waals surface area contributed by atoms with Gasteiger partial charge in [-0.1, -0.05) is 30.3 Å². The molecule has 0 bridgehead atoms. The Kier molecular flexibility index (Phi) is 4.95.